The van der Waals surface area contributed by atoms with Crippen LogP contribution in [0.1, 0.15) is 13.8 Å². The first kappa shape index (κ1) is 8.93. The topological polar surface area (TPSA) is 60.0 Å². The fourth-order valence-corrected chi connectivity index (χ4v) is 1.34. The normalized spacial score (nSPS) is 24.8. The summed E-state index contributed by atoms with van der Waals surface area (Å²) in [5.74, 6) is 0.289. The van der Waals surface area contributed by atoms with Crippen molar-refractivity contribution in [1.82, 2.24) is 5.32 Å². The van der Waals surface area contributed by atoms with Gasteiger partial charge in [-0.05, 0) is 0 Å². The van der Waals surface area contributed by atoms with Crippen LogP contribution in [0.3, 0.4) is 0 Å². The van der Waals surface area contributed by atoms with E-state index >= 15 is 0 Å². The van der Waals surface area contributed by atoms with Crippen LogP contribution in [0.5, 0.6) is 0 Å². The van der Waals surface area contributed by atoms with Gasteiger partial charge in [0.2, 0.25) is 6.21 Å². The Morgan fingerprint density at radius 3 is 3.07 bits per heavy atom. The van der Waals surface area contributed by atoms with Gasteiger partial charge < -0.3 is 5.32 Å². The van der Waals surface area contributed by atoms with Crippen LogP contribution in [0, 0.1) is 5.92 Å². The van der Waals surface area contributed by atoms with Crippen molar-refractivity contribution in [3.63, 3.8) is 0 Å². The number of fused-ring (bicyclic) bond motifs is 1. The summed E-state index contributed by atoms with van der Waals surface area (Å²) in [6.45, 7) is 4.06. The molecule has 5 nitrogen and oxygen atoms in total. The first-order chi connectivity index (χ1) is 6.68. The maximum Gasteiger partial charge on any atom is 0.339 e. The molecule has 0 aliphatic carbocycles. The van der Waals surface area contributed by atoms with E-state index in [2.05, 4.69) is 15.3 Å². The summed E-state index contributed by atoms with van der Waals surface area (Å²) in [6.07, 6.45) is 4.52. The van der Waals surface area contributed by atoms with E-state index in [0.29, 0.717) is 0 Å². The lowest BCUT2D eigenvalue weighted by Gasteiger charge is -2.16. The van der Waals surface area contributed by atoms with Crippen molar-refractivity contribution in [2.45, 2.75) is 20.0 Å². The molecule has 0 aromatic carbocycles. The highest BCUT2D eigenvalue weighted by molar-refractivity contribution is 6.30. The smallest absolute Gasteiger partial charge is 0.339 e. The lowest BCUT2D eigenvalue weighted by Crippen LogP contribution is -2.35. The molecule has 0 aromatic rings. The second-order valence-corrected chi connectivity index (χ2v) is 3.59. The highest BCUT2D eigenvalue weighted by Gasteiger charge is 2.32. The average molecular weight is 193 g/mol. The maximum absolute atomic E-state index is 9.64. The van der Waals surface area contributed by atoms with Crippen molar-refractivity contribution in [3.05, 3.63) is 11.9 Å². The summed E-state index contributed by atoms with van der Waals surface area (Å²) < 4.78 is 1.09. The highest BCUT2D eigenvalue weighted by Crippen LogP contribution is 2.15. The Hall–Kier alpha value is -1.65. The number of aliphatic imine (C=N–C) groups is 2. The maximum atomic E-state index is 9.64. The minimum atomic E-state index is -0.390. The number of nitrogens with zero attached hydrogens (tertiary/aromatic N) is 3. The lowest BCUT2D eigenvalue weighted by atomic mass is 10.1. The van der Waals surface area contributed by atoms with Crippen LogP contribution in [0.4, 0.5) is 0 Å². The van der Waals surface area contributed by atoms with Crippen molar-refractivity contribution in [2.75, 3.05) is 0 Å². The Kier molecular flexibility index (Phi) is 2.07. The van der Waals surface area contributed by atoms with Gasteiger partial charge in [-0.15, -0.1) is 0 Å². The molecule has 0 saturated heterocycles. The van der Waals surface area contributed by atoms with Gasteiger partial charge in [0, 0.05) is 16.9 Å². The molecule has 1 unspecified atom stereocenters. The SMILES string of the molecule is CC(C)C1=NC2=CNC=NC2[N+](O)=C1. The van der Waals surface area contributed by atoms with Crippen molar-refractivity contribution in [2.24, 2.45) is 15.9 Å². The van der Waals surface area contributed by atoms with E-state index in [4.69, 9.17) is 0 Å². The molecule has 0 bridgehead atoms. The average Bonchev–Trinajstić information content (AvgIpc) is 2.17. The molecule has 2 aliphatic rings. The van der Waals surface area contributed by atoms with Gasteiger partial charge in [-0.2, -0.15) is 4.99 Å². The number of hydroxylamine groups is 1. The molecule has 14 heavy (non-hydrogen) atoms. The van der Waals surface area contributed by atoms with Crippen LogP contribution < -0.4 is 5.32 Å². The summed E-state index contributed by atoms with van der Waals surface area (Å²) in [4.78, 5) is 8.46. The first-order valence-corrected chi connectivity index (χ1v) is 4.57. The summed E-state index contributed by atoms with van der Waals surface area (Å²) in [7, 11) is 0. The third-order valence-electron chi connectivity index (χ3n) is 2.15. The van der Waals surface area contributed by atoms with Gasteiger partial charge >= 0.3 is 6.17 Å². The molecule has 0 amide bonds. The molecule has 0 spiro atoms. The Labute approximate surface area is 82.2 Å². The number of nitrogens with one attached hydrogen (secondary N) is 1. The fourth-order valence-electron chi connectivity index (χ4n) is 1.34. The van der Waals surface area contributed by atoms with Crippen LogP contribution in [-0.2, 0) is 0 Å². The molecule has 2 N–H and O–H groups in total. The van der Waals surface area contributed by atoms with E-state index in [-0.39, 0.29) is 5.92 Å². The van der Waals surface area contributed by atoms with E-state index in [1.165, 1.54) is 0 Å². The third kappa shape index (κ3) is 1.41. The van der Waals surface area contributed by atoms with Crippen LogP contribution in [-0.4, -0.2) is 34.4 Å². The summed E-state index contributed by atoms with van der Waals surface area (Å²) >= 11 is 0. The second-order valence-electron chi connectivity index (χ2n) is 3.59. The highest BCUT2D eigenvalue weighted by atomic mass is 16.5. The Bertz CT molecular complexity index is 365. The minimum absolute atomic E-state index is 0.289. The van der Waals surface area contributed by atoms with Crippen LogP contribution in [0.25, 0.3) is 0 Å². The van der Waals surface area contributed by atoms with Crippen LogP contribution in [0.15, 0.2) is 21.9 Å². The Morgan fingerprint density at radius 2 is 2.36 bits per heavy atom. The van der Waals surface area contributed by atoms with E-state index in [0.717, 1.165) is 16.1 Å². The van der Waals surface area contributed by atoms with Gasteiger partial charge in [-0.3, -0.25) is 5.21 Å². The summed E-state index contributed by atoms with van der Waals surface area (Å²) in [5, 5.41) is 12.5. The standard InChI is InChI=1S/C9H12N4O/c1-6(2)8-4-13(14)9-7(12-8)3-10-5-11-9/h3-6,9,14H,1-2H3/p+1. The van der Waals surface area contributed by atoms with Crippen molar-refractivity contribution in [3.8, 4) is 0 Å². The fraction of sp³-hybridized carbons (Fsp3) is 0.444. The van der Waals surface area contributed by atoms with Gasteiger partial charge in [-0.1, -0.05) is 13.8 Å². The zero-order valence-electron chi connectivity index (χ0n) is 8.18. The first-order valence-electron chi connectivity index (χ1n) is 4.57. The minimum Gasteiger partial charge on any atom is -0.351 e. The van der Waals surface area contributed by atoms with Gasteiger partial charge in [0.1, 0.15) is 5.71 Å². The Morgan fingerprint density at radius 1 is 1.57 bits per heavy atom. The van der Waals surface area contributed by atoms with Gasteiger partial charge in [0.05, 0.1) is 6.34 Å². The summed E-state index contributed by atoms with van der Waals surface area (Å²) in [5.41, 5.74) is 1.59. The van der Waals surface area contributed by atoms with E-state index < -0.39 is 6.17 Å². The van der Waals surface area contributed by atoms with Crippen molar-refractivity contribution < 1.29 is 9.95 Å². The second kappa shape index (κ2) is 3.25. The van der Waals surface area contributed by atoms with E-state index in [9.17, 15) is 5.21 Å². The Balaban J connectivity index is 2.36. The number of hydrogen-bond acceptors (Lipinski definition) is 4. The predicted molar refractivity (Wildman–Crippen MR) is 53.9 cm³/mol. The van der Waals surface area contributed by atoms with Crippen molar-refractivity contribution >= 4 is 18.3 Å². The zero-order valence-corrected chi connectivity index (χ0v) is 8.18. The molecule has 0 aromatic heterocycles. The van der Waals surface area contributed by atoms with Crippen LogP contribution >= 0.6 is 0 Å². The zero-order chi connectivity index (χ0) is 10.1. The molecule has 74 valence electrons. The van der Waals surface area contributed by atoms with E-state index in [1.807, 2.05) is 13.8 Å². The molecule has 2 heterocycles. The molecule has 0 radical (unpaired) electrons. The van der Waals surface area contributed by atoms with Crippen molar-refractivity contribution in [1.29, 1.82) is 0 Å². The molecule has 1 atom stereocenters. The largest absolute Gasteiger partial charge is 0.351 e. The number of hydrogen-bond donors (Lipinski definition) is 2. The number of rotatable bonds is 1. The molecular formula is C9H13N4O+. The van der Waals surface area contributed by atoms with Gasteiger partial charge in [0.15, 0.2) is 5.70 Å². The molecule has 0 fully saturated rings. The molecule has 0 saturated carbocycles. The van der Waals surface area contributed by atoms with Gasteiger partial charge in [-0.25, -0.2) is 4.99 Å². The predicted octanol–water partition coefficient (Wildman–Crippen LogP) is 0.368. The molecular weight excluding hydrogens is 180 g/mol. The molecule has 5 heteroatoms. The van der Waals surface area contributed by atoms with Gasteiger partial charge in [0.25, 0.3) is 0 Å². The quantitative estimate of drug-likeness (QED) is 0.467. The van der Waals surface area contributed by atoms with E-state index in [1.54, 1.807) is 18.8 Å². The summed E-state index contributed by atoms with van der Waals surface area (Å²) in [6, 6.07) is 0. The third-order valence-corrected chi connectivity index (χ3v) is 2.15. The molecule has 2 aliphatic heterocycles. The molecule has 2 rings (SSSR count). The lowest BCUT2D eigenvalue weighted by molar-refractivity contribution is -0.789. The van der Waals surface area contributed by atoms with Crippen LogP contribution in [0.2, 0.25) is 0 Å². The monoisotopic (exact) mass is 193 g/mol.